The van der Waals surface area contributed by atoms with Crippen LogP contribution in [0.4, 0.5) is 0 Å². The van der Waals surface area contributed by atoms with E-state index in [4.69, 9.17) is 5.73 Å². The van der Waals surface area contributed by atoms with Gasteiger partial charge in [0.05, 0.1) is 0 Å². The molecule has 0 saturated heterocycles. The molecule has 1 fully saturated rings. The highest BCUT2D eigenvalue weighted by molar-refractivity contribution is 5.79. The van der Waals surface area contributed by atoms with E-state index in [1.54, 1.807) is 0 Å². The third-order valence-corrected chi connectivity index (χ3v) is 5.09. The van der Waals surface area contributed by atoms with E-state index < -0.39 is 0 Å². The fourth-order valence-electron chi connectivity index (χ4n) is 3.35. The molecule has 124 valence electrons. The first kappa shape index (κ1) is 18.4. The summed E-state index contributed by atoms with van der Waals surface area (Å²) in [6.45, 7) is 12.0. The number of nitrogens with one attached hydrogen (secondary N) is 1. The summed E-state index contributed by atoms with van der Waals surface area (Å²) in [5.74, 6) is 0.633. The van der Waals surface area contributed by atoms with Gasteiger partial charge in [-0.1, -0.05) is 27.2 Å². The van der Waals surface area contributed by atoms with Gasteiger partial charge in [0.2, 0.25) is 5.91 Å². The number of nitrogens with two attached hydrogens (primary N) is 1. The van der Waals surface area contributed by atoms with Crippen LogP contribution in [0, 0.1) is 11.8 Å². The molecule has 0 radical (unpaired) electrons. The van der Waals surface area contributed by atoms with E-state index >= 15 is 0 Å². The summed E-state index contributed by atoms with van der Waals surface area (Å²) < 4.78 is 0. The summed E-state index contributed by atoms with van der Waals surface area (Å²) in [5, 5.41) is 3.20. The molecule has 4 nitrogen and oxygen atoms in total. The molecule has 1 aliphatic carbocycles. The summed E-state index contributed by atoms with van der Waals surface area (Å²) in [6.07, 6.45) is 5.33. The van der Waals surface area contributed by atoms with Gasteiger partial charge in [-0.3, -0.25) is 4.79 Å². The van der Waals surface area contributed by atoms with Gasteiger partial charge in [-0.15, -0.1) is 0 Å². The minimum atomic E-state index is 0.110. The molecular formula is C17H35N3O. The number of nitrogens with zero attached hydrogens (tertiary/aromatic N) is 1. The quantitative estimate of drug-likeness (QED) is 0.723. The Morgan fingerprint density at radius 2 is 2.00 bits per heavy atom. The number of rotatable bonds is 8. The average molecular weight is 297 g/mol. The number of hydrogen-bond donors (Lipinski definition) is 2. The highest BCUT2D eigenvalue weighted by Crippen LogP contribution is 2.29. The van der Waals surface area contributed by atoms with Crippen LogP contribution in [0.3, 0.4) is 0 Å². The van der Waals surface area contributed by atoms with Crippen LogP contribution in [0.15, 0.2) is 0 Å². The molecule has 0 heterocycles. The van der Waals surface area contributed by atoms with Crippen LogP contribution in [-0.4, -0.2) is 42.5 Å². The summed E-state index contributed by atoms with van der Waals surface area (Å²) in [7, 11) is 0. The Labute approximate surface area is 130 Å². The molecule has 21 heavy (non-hydrogen) atoms. The Morgan fingerprint density at radius 1 is 1.33 bits per heavy atom. The number of carbonyl (C=O) groups excluding carboxylic acids is 1. The molecule has 0 spiro atoms. The van der Waals surface area contributed by atoms with Crippen molar-refractivity contribution in [2.24, 2.45) is 17.6 Å². The summed E-state index contributed by atoms with van der Waals surface area (Å²) in [4.78, 5) is 14.8. The van der Waals surface area contributed by atoms with Crippen LogP contribution in [0.25, 0.3) is 0 Å². The van der Waals surface area contributed by atoms with Crippen molar-refractivity contribution in [3.8, 4) is 0 Å². The monoisotopic (exact) mass is 297 g/mol. The van der Waals surface area contributed by atoms with Gasteiger partial charge in [-0.25, -0.2) is 0 Å². The summed E-state index contributed by atoms with van der Waals surface area (Å²) in [5.41, 5.74) is 6.10. The highest BCUT2D eigenvalue weighted by Gasteiger charge is 2.32. The normalized spacial score (nSPS) is 27.6. The smallest absolute Gasteiger partial charge is 0.223 e. The maximum atomic E-state index is 12.4. The minimum absolute atomic E-state index is 0.110. The van der Waals surface area contributed by atoms with Gasteiger partial charge in [0.15, 0.2) is 0 Å². The largest absolute Gasteiger partial charge is 0.353 e. The predicted octanol–water partition coefficient (Wildman–Crippen LogP) is 2.38. The second-order valence-electron chi connectivity index (χ2n) is 6.64. The standard InChI is InChI=1S/C17H35N3O/c1-5-20(6-2)12-8-9-13(3)19-17(21)15-10-7-11-16(18)14(15)4/h13-16H,5-12,18H2,1-4H3,(H,19,21). The lowest BCUT2D eigenvalue weighted by Gasteiger charge is -2.33. The number of carbonyl (C=O) groups is 1. The van der Waals surface area contributed by atoms with E-state index in [1.807, 2.05) is 0 Å². The highest BCUT2D eigenvalue weighted by atomic mass is 16.1. The van der Waals surface area contributed by atoms with Gasteiger partial charge in [0.25, 0.3) is 0 Å². The molecule has 1 saturated carbocycles. The third-order valence-electron chi connectivity index (χ3n) is 5.09. The molecule has 0 aromatic heterocycles. The van der Waals surface area contributed by atoms with Gasteiger partial charge in [-0.2, -0.15) is 0 Å². The molecule has 4 atom stereocenters. The molecule has 1 aliphatic rings. The van der Waals surface area contributed by atoms with Gasteiger partial charge in [-0.05, 0) is 58.2 Å². The second-order valence-corrected chi connectivity index (χ2v) is 6.64. The Morgan fingerprint density at radius 3 is 2.62 bits per heavy atom. The number of amides is 1. The fourth-order valence-corrected chi connectivity index (χ4v) is 3.35. The topological polar surface area (TPSA) is 58.4 Å². The molecular weight excluding hydrogens is 262 g/mol. The van der Waals surface area contributed by atoms with Crippen LogP contribution in [0.5, 0.6) is 0 Å². The molecule has 1 amide bonds. The van der Waals surface area contributed by atoms with Crippen molar-refractivity contribution in [3.05, 3.63) is 0 Å². The van der Waals surface area contributed by atoms with E-state index in [1.165, 1.54) is 0 Å². The van der Waals surface area contributed by atoms with E-state index in [-0.39, 0.29) is 23.9 Å². The number of hydrogen-bond acceptors (Lipinski definition) is 3. The van der Waals surface area contributed by atoms with Crippen LogP contribution in [-0.2, 0) is 4.79 Å². The molecule has 3 N–H and O–H groups in total. The van der Waals surface area contributed by atoms with Crippen molar-refractivity contribution in [3.63, 3.8) is 0 Å². The molecule has 0 bridgehead atoms. The van der Waals surface area contributed by atoms with E-state index in [0.29, 0.717) is 5.92 Å². The van der Waals surface area contributed by atoms with Gasteiger partial charge in [0, 0.05) is 18.0 Å². The van der Waals surface area contributed by atoms with Gasteiger partial charge >= 0.3 is 0 Å². The van der Waals surface area contributed by atoms with Crippen LogP contribution in [0.2, 0.25) is 0 Å². The van der Waals surface area contributed by atoms with Crippen molar-refractivity contribution < 1.29 is 4.79 Å². The zero-order valence-corrected chi connectivity index (χ0v) is 14.4. The average Bonchev–Trinajstić information content (AvgIpc) is 2.46. The SMILES string of the molecule is CCN(CC)CCCC(C)NC(=O)C1CCCC(N)C1C. The lowest BCUT2D eigenvalue weighted by atomic mass is 9.77. The minimum Gasteiger partial charge on any atom is -0.353 e. The van der Waals surface area contributed by atoms with Crippen molar-refractivity contribution in [1.82, 2.24) is 10.2 Å². The molecule has 0 aromatic rings. The van der Waals surface area contributed by atoms with Crippen molar-refractivity contribution in [2.75, 3.05) is 19.6 Å². The maximum Gasteiger partial charge on any atom is 0.223 e. The first-order chi connectivity index (χ1) is 9.99. The predicted molar refractivity (Wildman–Crippen MR) is 89.1 cm³/mol. The van der Waals surface area contributed by atoms with E-state index in [2.05, 4.69) is 37.9 Å². The zero-order chi connectivity index (χ0) is 15.8. The molecule has 1 rings (SSSR count). The van der Waals surface area contributed by atoms with E-state index in [0.717, 1.165) is 51.7 Å². The molecule has 4 unspecified atom stereocenters. The van der Waals surface area contributed by atoms with Crippen molar-refractivity contribution in [2.45, 2.75) is 71.9 Å². The maximum absolute atomic E-state index is 12.4. The summed E-state index contributed by atoms with van der Waals surface area (Å²) in [6, 6.07) is 0.450. The van der Waals surface area contributed by atoms with Crippen molar-refractivity contribution >= 4 is 5.91 Å². The molecule has 0 aromatic carbocycles. The molecule has 4 heteroatoms. The lowest BCUT2D eigenvalue weighted by Crippen LogP contribution is -2.46. The van der Waals surface area contributed by atoms with Crippen LogP contribution in [0.1, 0.15) is 59.8 Å². The summed E-state index contributed by atoms with van der Waals surface area (Å²) >= 11 is 0. The lowest BCUT2D eigenvalue weighted by molar-refractivity contribution is -0.128. The van der Waals surface area contributed by atoms with Crippen LogP contribution >= 0.6 is 0 Å². The van der Waals surface area contributed by atoms with E-state index in [9.17, 15) is 4.79 Å². The first-order valence-corrected chi connectivity index (χ1v) is 8.77. The zero-order valence-electron chi connectivity index (χ0n) is 14.4. The fraction of sp³-hybridized carbons (Fsp3) is 0.941. The Kier molecular flexibility index (Phi) is 8.27. The van der Waals surface area contributed by atoms with Crippen molar-refractivity contribution in [1.29, 1.82) is 0 Å². The Bertz CT molecular complexity index is 304. The van der Waals surface area contributed by atoms with Crippen LogP contribution < -0.4 is 11.1 Å². The second kappa shape index (κ2) is 9.42. The Balaban J connectivity index is 2.30. The first-order valence-electron chi connectivity index (χ1n) is 8.77. The molecule has 0 aliphatic heterocycles. The van der Waals surface area contributed by atoms with Gasteiger partial charge in [0.1, 0.15) is 0 Å². The van der Waals surface area contributed by atoms with Gasteiger partial charge < -0.3 is 16.0 Å². The Hall–Kier alpha value is -0.610. The third kappa shape index (κ3) is 5.95.